The Balaban J connectivity index is 2.64. The first-order valence-corrected chi connectivity index (χ1v) is 5.19. The fourth-order valence-corrected chi connectivity index (χ4v) is 1.99. The highest BCUT2D eigenvalue weighted by atomic mass is 19.1. The number of carboxylic acids is 1. The van der Waals surface area contributed by atoms with Crippen LogP contribution in [0.2, 0.25) is 0 Å². The van der Waals surface area contributed by atoms with E-state index in [-0.39, 0.29) is 11.4 Å². The fraction of sp³-hybridized carbons (Fsp3) is 0.154. The molecule has 17 heavy (non-hydrogen) atoms. The largest absolute Gasteiger partial charge is 0.478 e. The normalized spacial score (nSPS) is 10.5. The number of nitrogens with zero attached hydrogens (tertiary/aromatic N) is 1. The van der Waals surface area contributed by atoms with Crippen LogP contribution in [-0.2, 0) is 0 Å². The lowest BCUT2D eigenvalue weighted by atomic mass is 10.2. The molecule has 0 fully saturated rings. The van der Waals surface area contributed by atoms with Crippen molar-refractivity contribution in [2.45, 2.75) is 13.8 Å². The molecule has 0 amide bonds. The van der Waals surface area contributed by atoms with Gasteiger partial charge in [0.25, 0.3) is 0 Å². The van der Waals surface area contributed by atoms with Gasteiger partial charge in [-0.05, 0) is 38.1 Å². The maximum Gasteiger partial charge on any atom is 0.337 e. The SMILES string of the molecule is Cc1cc(C(=O)O)c(C)n1-c1cccc(F)c1. The molecule has 1 N–H and O–H groups in total. The molecule has 2 aromatic rings. The number of hydrogen-bond donors (Lipinski definition) is 1. The Hall–Kier alpha value is -2.10. The number of rotatable bonds is 2. The van der Waals surface area contributed by atoms with Crippen molar-refractivity contribution in [3.63, 3.8) is 0 Å². The first kappa shape index (κ1) is 11.4. The molecule has 0 aliphatic heterocycles. The first-order chi connectivity index (χ1) is 8.00. The number of aromatic nitrogens is 1. The van der Waals surface area contributed by atoms with Crippen molar-refractivity contribution >= 4 is 5.97 Å². The van der Waals surface area contributed by atoms with Gasteiger partial charge in [-0.15, -0.1) is 0 Å². The van der Waals surface area contributed by atoms with Crippen molar-refractivity contribution in [2.75, 3.05) is 0 Å². The average molecular weight is 233 g/mol. The van der Waals surface area contributed by atoms with E-state index in [0.717, 1.165) is 5.69 Å². The molecular formula is C13H12FNO2. The molecule has 0 radical (unpaired) electrons. The van der Waals surface area contributed by atoms with E-state index in [4.69, 9.17) is 5.11 Å². The third-order valence-corrected chi connectivity index (χ3v) is 2.73. The van der Waals surface area contributed by atoms with Gasteiger partial charge in [-0.1, -0.05) is 6.07 Å². The maximum absolute atomic E-state index is 13.2. The highest BCUT2D eigenvalue weighted by Gasteiger charge is 2.15. The number of carboxylic acid groups (broad SMARTS) is 1. The first-order valence-electron chi connectivity index (χ1n) is 5.19. The summed E-state index contributed by atoms with van der Waals surface area (Å²) in [5.41, 5.74) is 2.24. The quantitative estimate of drug-likeness (QED) is 0.866. The molecule has 2 rings (SSSR count). The predicted molar refractivity (Wildman–Crippen MR) is 62.2 cm³/mol. The van der Waals surface area contributed by atoms with Crippen LogP contribution in [-0.4, -0.2) is 15.6 Å². The molecule has 0 saturated heterocycles. The molecule has 0 unspecified atom stereocenters. The van der Waals surface area contributed by atoms with E-state index < -0.39 is 5.97 Å². The molecule has 0 aliphatic rings. The van der Waals surface area contributed by atoms with Gasteiger partial charge in [-0.3, -0.25) is 0 Å². The van der Waals surface area contributed by atoms with Crippen LogP contribution in [0.5, 0.6) is 0 Å². The van der Waals surface area contributed by atoms with Crippen LogP contribution >= 0.6 is 0 Å². The maximum atomic E-state index is 13.2. The summed E-state index contributed by atoms with van der Waals surface area (Å²) < 4.78 is 14.9. The van der Waals surface area contributed by atoms with Gasteiger partial charge in [0.2, 0.25) is 0 Å². The van der Waals surface area contributed by atoms with Gasteiger partial charge in [-0.25, -0.2) is 9.18 Å². The highest BCUT2D eigenvalue weighted by molar-refractivity contribution is 5.89. The monoisotopic (exact) mass is 233 g/mol. The lowest BCUT2D eigenvalue weighted by Gasteiger charge is -2.09. The number of aromatic carboxylic acids is 1. The number of hydrogen-bond acceptors (Lipinski definition) is 1. The molecular weight excluding hydrogens is 221 g/mol. The van der Waals surface area contributed by atoms with Crippen molar-refractivity contribution in [1.29, 1.82) is 0 Å². The summed E-state index contributed by atoms with van der Waals surface area (Å²) in [6, 6.07) is 7.67. The summed E-state index contributed by atoms with van der Waals surface area (Å²) in [6.45, 7) is 3.51. The van der Waals surface area contributed by atoms with Crippen LogP contribution < -0.4 is 0 Å². The zero-order chi connectivity index (χ0) is 12.6. The third-order valence-electron chi connectivity index (χ3n) is 2.73. The summed E-state index contributed by atoms with van der Waals surface area (Å²) in [4.78, 5) is 11.0. The van der Waals surface area contributed by atoms with Gasteiger partial charge < -0.3 is 9.67 Å². The second kappa shape index (κ2) is 4.05. The molecule has 0 saturated carbocycles. The summed E-state index contributed by atoms with van der Waals surface area (Å²) in [5, 5.41) is 9.02. The van der Waals surface area contributed by atoms with E-state index in [0.29, 0.717) is 11.4 Å². The Morgan fingerprint density at radius 1 is 1.29 bits per heavy atom. The topological polar surface area (TPSA) is 42.2 Å². The number of carbonyl (C=O) groups is 1. The summed E-state index contributed by atoms with van der Waals surface area (Å²) in [5.74, 6) is -1.31. The van der Waals surface area contributed by atoms with Gasteiger partial charge in [-0.2, -0.15) is 0 Å². The lowest BCUT2D eigenvalue weighted by molar-refractivity contribution is 0.0696. The third kappa shape index (κ3) is 1.93. The van der Waals surface area contributed by atoms with E-state index in [1.165, 1.54) is 12.1 Å². The lowest BCUT2D eigenvalue weighted by Crippen LogP contribution is -2.02. The minimum atomic E-state index is -0.972. The van der Waals surface area contributed by atoms with Gasteiger partial charge in [0.1, 0.15) is 5.82 Å². The van der Waals surface area contributed by atoms with Gasteiger partial charge >= 0.3 is 5.97 Å². The van der Waals surface area contributed by atoms with Gasteiger partial charge in [0.15, 0.2) is 0 Å². The average Bonchev–Trinajstić information content (AvgIpc) is 2.54. The molecule has 3 nitrogen and oxygen atoms in total. The molecule has 1 aromatic heterocycles. The standard InChI is InChI=1S/C13H12FNO2/c1-8-6-12(13(16)17)9(2)15(8)11-5-3-4-10(14)7-11/h3-7H,1-2H3,(H,16,17). The van der Waals surface area contributed by atoms with Crippen molar-refractivity contribution in [3.8, 4) is 5.69 Å². The molecule has 1 heterocycles. The van der Waals surface area contributed by atoms with Crippen LogP contribution in [0.3, 0.4) is 0 Å². The summed E-state index contributed by atoms with van der Waals surface area (Å²) in [6.07, 6.45) is 0. The van der Waals surface area contributed by atoms with E-state index in [1.54, 1.807) is 36.6 Å². The molecule has 0 aliphatic carbocycles. The molecule has 0 bridgehead atoms. The van der Waals surface area contributed by atoms with E-state index in [1.807, 2.05) is 0 Å². The number of halogens is 1. The molecule has 4 heteroatoms. The minimum absolute atomic E-state index is 0.242. The molecule has 0 atom stereocenters. The van der Waals surface area contributed by atoms with E-state index in [2.05, 4.69) is 0 Å². The van der Waals surface area contributed by atoms with Crippen LogP contribution in [0.1, 0.15) is 21.7 Å². The second-order valence-corrected chi connectivity index (χ2v) is 3.91. The van der Waals surface area contributed by atoms with Crippen molar-refractivity contribution < 1.29 is 14.3 Å². The van der Waals surface area contributed by atoms with Gasteiger partial charge in [0, 0.05) is 17.1 Å². The fourth-order valence-electron chi connectivity index (χ4n) is 1.99. The van der Waals surface area contributed by atoms with Crippen LogP contribution in [0.4, 0.5) is 4.39 Å². The van der Waals surface area contributed by atoms with Crippen LogP contribution in [0.25, 0.3) is 5.69 Å². The van der Waals surface area contributed by atoms with Crippen molar-refractivity contribution in [1.82, 2.24) is 4.57 Å². The van der Waals surface area contributed by atoms with Crippen LogP contribution in [0.15, 0.2) is 30.3 Å². The Morgan fingerprint density at radius 3 is 2.53 bits per heavy atom. The molecule has 1 aromatic carbocycles. The Morgan fingerprint density at radius 2 is 2.00 bits per heavy atom. The predicted octanol–water partition coefficient (Wildman–Crippen LogP) is 2.93. The second-order valence-electron chi connectivity index (χ2n) is 3.91. The van der Waals surface area contributed by atoms with Crippen molar-refractivity contribution in [3.05, 3.63) is 53.1 Å². The number of aryl methyl sites for hydroxylation is 1. The smallest absolute Gasteiger partial charge is 0.337 e. The Bertz CT molecular complexity index is 587. The zero-order valence-electron chi connectivity index (χ0n) is 9.57. The van der Waals surface area contributed by atoms with E-state index >= 15 is 0 Å². The summed E-state index contributed by atoms with van der Waals surface area (Å²) >= 11 is 0. The summed E-state index contributed by atoms with van der Waals surface area (Å²) in [7, 11) is 0. The van der Waals surface area contributed by atoms with Gasteiger partial charge in [0.05, 0.1) is 5.56 Å². The molecule has 0 spiro atoms. The van der Waals surface area contributed by atoms with Crippen LogP contribution in [0, 0.1) is 19.7 Å². The Kier molecular flexibility index (Phi) is 2.71. The van der Waals surface area contributed by atoms with E-state index in [9.17, 15) is 9.18 Å². The molecule has 88 valence electrons. The van der Waals surface area contributed by atoms with Crippen molar-refractivity contribution in [2.24, 2.45) is 0 Å². The number of benzene rings is 1. The zero-order valence-corrected chi connectivity index (χ0v) is 9.57. The minimum Gasteiger partial charge on any atom is -0.478 e. The Labute approximate surface area is 98.1 Å². The highest BCUT2D eigenvalue weighted by Crippen LogP contribution is 2.21.